The highest BCUT2D eigenvalue weighted by molar-refractivity contribution is 6.18. The largest absolute Gasteiger partial charge is 0.344 e. The summed E-state index contributed by atoms with van der Waals surface area (Å²) in [5, 5.41) is 0. The Bertz CT molecular complexity index is 469. The monoisotopic (exact) mass is 227 g/mol. The summed E-state index contributed by atoms with van der Waals surface area (Å²) in [4.78, 5) is 9.25. The van der Waals surface area contributed by atoms with Gasteiger partial charge in [-0.15, -0.1) is 11.6 Å². The van der Waals surface area contributed by atoms with E-state index in [0.717, 1.165) is 5.52 Å². The zero-order valence-electron chi connectivity index (χ0n) is 8.30. The lowest BCUT2D eigenvalue weighted by atomic mass is 10.3. The molecule has 0 saturated heterocycles. The molecule has 2 aromatic rings. The Hall–Kier alpha value is -1.29. The zero-order chi connectivity index (χ0) is 10.8. The third-order valence-electron chi connectivity index (χ3n) is 2.21. The number of nitrogens with one attached hydrogen (secondary N) is 1. The van der Waals surface area contributed by atoms with Crippen molar-refractivity contribution < 1.29 is 4.39 Å². The Morgan fingerprint density at radius 3 is 3.07 bits per heavy atom. The van der Waals surface area contributed by atoms with Gasteiger partial charge in [0.15, 0.2) is 0 Å². The van der Waals surface area contributed by atoms with Gasteiger partial charge >= 0.3 is 0 Å². The van der Waals surface area contributed by atoms with Gasteiger partial charge in [0.25, 0.3) is 0 Å². The number of benzene rings is 1. The van der Waals surface area contributed by atoms with E-state index in [0.29, 0.717) is 23.9 Å². The summed E-state index contributed by atoms with van der Waals surface area (Å²) >= 11 is 5.63. The highest BCUT2D eigenvalue weighted by Gasteiger charge is 2.06. The van der Waals surface area contributed by atoms with Crippen LogP contribution in [0.4, 0.5) is 10.3 Å². The van der Waals surface area contributed by atoms with E-state index in [1.807, 2.05) is 11.9 Å². The number of hydrogen-bond acceptors (Lipinski definition) is 2. The standard InChI is InChI=1S/C10H11ClFN3/c1-15(5-4-11)10-13-8-3-2-7(12)6-9(8)14-10/h2-3,6H,4-5H2,1H3,(H,13,14). The molecule has 3 nitrogen and oxygen atoms in total. The molecule has 1 heterocycles. The molecule has 1 aromatic carbocycles. The number of aromatic amines is 1. The first-order valence-electron chi connectivity index (χ1n) is 4.63. The van der Waals surface area contributed by atoms with Crippen LogP contribution in [-0.4, -0.2) is 29.4 Å². The fourth-order valence-electron chi connectivity index (χ4n) is 1.38. The highest BCUT2D eigenvalue weighted by atomic mass is 35.5. The van der Waals surface area contributed by atoms with E-state index < -0.39 is 0 Å². The van der Waals surface area contributed by atoms with E-state index in [2.05, 4.69) is 9.97 Å². The second kappa shape index (κ2) is 4.06. The molecule has 0 saturated carbocycles. The van der Waals surface area contributed by atoms with Crippen molar-refractivity contribution in [3.05, 3.63) is 24.0 Å². The van der Waals surface area contributed by atoms with Crippen molar-refractivity contribution in [2.45, 2.75) is 0 Å². The van der Waals surface area contributed by atoms with E-state index in [-0.39, 0.29) is 5.82 Å². The number of imidazole rings is 1. The van der Waals surface area contributed by atoms with Gasteiger partial charge in [-0.25, -0.2) is 9.37 Å². The van der Waals surface area contributed by atoms with Gasteiger partial charge in [-0.3, -0.25) is 0 Å². The lowest BCUT2D eigenvalue weighted by Gasteiger charge is -2.12. The minimum Gasteiger partial charge on any atom is -0.344 e. The van der Waals surface area contributed by atoms with Gasteiger partial charge in [-0.05, 0) is 18.2 Å². The number of nitrogens with zero attached hydrogens (tertiary/aromatic N) is 2. The lowest BCUT2D eigenvalue weighted by molar-refractivity contribution is 0.629. The molecule has 0 amide bonds. The van der Waals surface area contributed by atoms with Gasteiger partial charge < -0.3 is 9.88 Å². The molecule has 5 heteroatoms. The number of hydrogen-bond donors (Lipinski definition) is 1. The van der Waals surface area contributed by atoms with Crippen LogP contribution in [0.3, 0.4) is 0 Å². The van der Waals surface area contributed by atoms with Crippen LogP contribution in [0.5, 0.6) is 0 Å². The van der Waals surface area contributed by atoms with Gasteiger partial charge in [-0.1, -0.05) is 0 Å². The molecule has 0 bridgehead atoms. The Labute approximate surface area is 91.9 Å². The van der Waals surface area contributed by atoms with E-state index in [9.17, 15) is 4.39 Å². The first-order chi connectivity index (χ1) is 7.20. The number of aromatic nitrogens is 2. The van der Waals surface area contributed by atoms with Crippen LogP contribution in [0.25, 0.3) is 11.0 Å². The van der Waals surface area contributed by atoms with Crippen LogP contribution in [0.2, 0.25) is 0 Å². The minimum atomic E-state index is -0.266. The summed E-state index contributed by atoms with van der Waals surface area (Å²) in [6.45, 7) is 0.698. The first kappa shape index (κ1) is 10.2. The van der Waals surface area contributed by atoms with Crippen molar-refractivity contribution >= 4 is 28.6 Å². The number of anilines is 1. The summed E-state index contributed by atoms with van der Waals surface area (Å²) < 4.78 is 12.9. The summed E-state index contributed by atoms with van der Waals surface area (Å²) in [5.41, 5.74) is 1.46. The maximum Gasteiger partial charge on any atom is 0.203 e. The average Bonchev–Trinajstić information content (AvgIpc) is 2.60. The molecule has 1 N–H and O–H groups in total. The molecule has 0 fully saturated rings. The van der Waals surface area contributed by atoms with Gasteiger partial charge in [0, 0.05) is 19.5 Å². The normalized spacial score (nSPS) is 10.9. The number of alkyl halides is 1. The van der Waals surface area contributed by atoms with E-state index in [4.69, 9.17) is 11.6 Å². The van der Waals surface area contributed by atoms with Crippen molar-refractivity contribution in [1.29, 1.82) is 0 Å². The zero-order valence-corrected chi connectivity index (χ0v) is 9.05. The summed E-state index contributed by atoms with van der Waals surface area (Å²) in [5.74, 6) is 0.969. The van der Waals surface area contributed by atoms with Gasteiger partial charge in [0.2, 0.25) is 5.95 Å². The van der Waals surface area contributed by atoms with Crippen molar-refractivity contribution in [2.75, 3.05) is 24.4 Å². The maximum absolute atomic E-state index is 12.9. The molecule has 0 aliphatic rings. The van der Waals surface area contributed by atoms with Crippen LogP contribution >= 0.6 is 11.6 Å². The number of halogens is 2. The van der Waals surface area contributed by atoms with Crippen LogP contribution in [0.15, 0.2) is 18.2 Å². The smallest absolute Gasteiger partial charge is 0.203 e. The molecule has 2 rings (SSSR count). The quantitative estimate of drug-likeness (QED) is 0.817. The molecule has 0 radical (unpaired) electrons. The summed E-state index contributed by atoms with van der Waals surface area (Å²) in [7, 11) is 1.89. The molecular weight excluding hydrogens is 217 g/mol. The molecule has 0 unspecified atom stereocenters. The van der Waals surface area contributed by atoms with E-state index >= 15 is 0 Å². The van der Waals surface area contributed by atoms with Crippen molar-refractivity contribution in [3.8, 4) is 0 Å². The van der Waals surface area contributed by atoms with Gasteiger partial charge in [0.05, 0.1) is 11.0 Å². The van der Waals surface area contributed by atoms with Crippen LogP contribution in [0.1, 0.15) is 0 Å². The fraction of sp³-hybridized carbons (Fsp3) is 0.300. The Kier molecular flexibility index (Phi) is 2.77. The van der Waals surface area contributed by atoms with Crippen LogP contribution in [-0.2, 0) is 0 Å². The average molecular weight is 228 g/mol. The second-order valence-corrected chi connectivity index (χ2v) is 3.71. The molecule has 0 aliphatic carbocycles. The van der Waals surface area contributed by atoms with Crippen molar-refractivity contribution in [1.82, 2.24) is 9.97 Å². The van der Waals surface area contributed by atoms with Crippen molar-refractivity contribution in [3.63, 3.8) is 0 Å². The van der Waals surface area contributed by atoms with Crippen LogP contribution < -0.4 is 4.90 Å². The molecule has 0 spiro atoms. The third-order valence-corrected chi connectivity index (χ3v) is 2.38. The molecule has 0 atom stereocenters. The Balaban J connectivity index is 2.38. The topological polar surface area (TPSA) is 31.9 Å². The predicted octanol–water partition coefficient (Wildman–Crippen LogP) is 2.38. The second-order valence-electron chi connectivity index (χ2n) is 3.33. The van der Waals surface area contributed by atoms with Crippen molar-refractivity contribution in [2.24, 2.45) is 0 Å². The lowest BCUT2D eigenvalue weighted by Crippen LogP contribution is -2.20. The number of rotatable bonds is 3. The first-order valence-corrected chi connectivity index (χ1v) is 5.16. The predicted molar refractivity (Wildman–Crippen MR) is 60.0 cm³/mol. The van der Waals surface area contributed by atoms with Gasteiger partial charge in [0.1, 0.15) is 5.82 Å². The molecule has 80 valence electrons. The van der Waals surface area contributed by atoms with E-state index in [1.54, 1.807) is 6.07 Å². The van der Waals surface area contributed by atoms with Crippen LogP contribution in [0, 0.1) is 5.82 Å². The third kappa shape index (κ3) is 2.04. The number of H-pyrrole nitrogens is 1. The number of fused-ring (bicyclic) bond motifs is 1. The molecule has 1 aromatic heterocycles. The molecule has 15 heavy (non-hydrogen) atoms. The molecule has 0 aliphatic heterocycles. The highest BCUT2D eigenvalue weighted by Crippen LogP contribution is 2.17. The Morgan fingerprint density at radius 2 is 2.33 bits per heavy atom. The SMILES string of the molecule is CN(CCCl)c1nc2ccc(F)cc2[nH]1. The maximum atomic E-state index is 12.9. The van der Waals surface area contributed by atoms with E-state index in [1.165, 1.54) is 12.1 Å². The summed E-state index contributed by atoms with van der Waals surface area (Å²) in [6, 6.07) is 4.48. The van der Waals surface area contributed by atoms with Gasteiger partial charge in [-0.2, -0.15) is 0 Å². The minimum absolute atomic E-state index is 0.266. The fourth-order valence-corrected chi connectivity index (χ4v) is 1.64. The molecular formula is C10H11ClFN3. The Morgan fingerprint density at radius 1 is 1.53 bits per heavy atom. The summed E-state index contributed by atoms with van der Waals surface area (Å²) in [6.07, 6.45) is 0.